The van der Waals surface area contributed by atoms with Gasteiger partial charge in [0.1, 0.15) is 0 Å². The number of aromatic nitrogens is 2. The largest absolute Gasteiger partial charge is 0.354 e. The molecule has 1 aliphatic rings. The van der Waals surface area contributed by atoms with E-state index in [1.165, 1.54) is 12.8 Å². The fraction of sp³-hybridized carbons (Fsp3) is 0.450. The van der Waals surface area contributed by atoms with Crippen molar-refractivity contribution >= 4 is 5.91 Å². The monoisotopic (exact) mass is 339 g/mol. The summed E-state index contributed by atoms with van der Waals surface area (Å²) in [5.41, 5.74) is 3.02. The van der Waals surface area contributed by atoms with Crippen LogP contribution in [0.25, 0.3) is 0 Å². The quantitative estimate of drug-likeness (QED) is 0.880. The lowest BCUT2D eigenvalue weighted by Gasteiger charge is -2.11. The van der Waals surface area contributed by atoms with Crippen molar-refractivity contribution in [1.82, 2.24) is 14.9 Å². The van der Waals surface area contributed by atoms with E-state index < -0.39 is 0 Å². The molecule has 0 aliphatic heterocycles. The molecule has 5 heteroatoms. The van der Waals surface area contributed by atoms with Crippen LogP contribution in [-0.4, -0.2) is 22.0 Å². The highest BCUT2D eigenvalue weighted by molar-refractivity contribution is 5.78. The Labute approximate surface area is 148 Å². The number of rotatable bonds is 6. The Hall–Kier alpha value is -2.43. The molecule has 1 amide bonds. The van der Waals surface area contributed by atoms with Crippen molar-refractivity contribution in [2.75, 3.05) is 6.54 Å². The molecule has 1 heterocycles. The smallest absolute Gasteiger partial charge is 0.253 e. The Morgan fingerprint density at radius 2 is 2.04 bits per heavy atom. The number of carbonyl (C=O) groups is 1. The number of hydrogen-bond donors (Lipinski definition) is 1. The first kappa shape index (κ1) is 17.4. The van der Waals surface area contributed by atoms with Gasteiger partial charge in [0.25, 0.3) is 5.56 Å². The number of amides is 1. The SMILES string of the molecule is Cc1ccccc1CC(=O)NCCn1cnc(C2CCCC2)cc1=O. The van der Waals surface area contributed by atoms with Crippen LogP contribution in [0, 0.1) is 6.92 Å². The molecule has 1 fully saturated rings. The standard InChI is InChI=1S/C20H25N3O2/c1-15-6-2-3-9-17(15)12-19(24)21-10-11-23-14-22-18(13-20(23)25)16-7-4-5-8-16/h2-3,6,9,13-14,16H,4-5,7-8,10-12H2,1H3,(H,21,24). The molecule has 3 rings (SSSR count). The Bertz CT molecular complexity index is 792. The average Bonchev–Trinajstić information content (AvgIpc) is 3.13. The zero-order valence-corrected chi connectivity index (χ0v) is 14.7. The first-order valence-electron chi connectivity index (χ1n) is 9.01. The summed E-state index contributed by atoms with van der Waals surface area (Å²) >= 11 is 0. The van der Waals surface area contributed by atoms with Gasteiger partial charge in [-0.2, -0.15) is 0 Å². The molecule has 1 saturated carbocycles. The van der Waals surface area contributed by atoms with Crippen molar-refractivity contribution < 1.29 is 4.79 Å². The summed E-state index contributed by atoms with van der Waals surface area (Å²) < 4.78 is 1.56. The van der Waals surface area contributed by atoms with E-state index in [4.69, 9.17) is 0 Å². The van der Waals surface area contributed by atoms with Crippen LogP contribution in [0.1, 0.15) is 48.4 Å². The lowest BCUT2D eigenvalue weighted by atomic mass is 10.0. The van der Waals surface area contributed by atoms with Crippen LogP contribution in [0.5, 0.6) is 0 Å². The number of carbonyl (C=O) groups excluding carboxylic acids is 1. The van der Waals surface area contributed by atoms with Gasteiger partial charge in [0.05, 0.1) is 18.4 Å². The maximum absolute atomic E-state index is 12.2. The number of aryl methyl sites for hydroxylation is 1. The van der Waals surface area contributed by atoms with Gasteiger partial charge in [0.2, 0.25) is 5.91 Å². The van der Waals surface area contributed by atoms with Crippen LogP contribution in [0.15, 0.2) is 41.5 Å². The van der Waals surface area contributed by atoms with E-state index in [9.17, 15) is 9.59 Å². The second kappa shape index (κ2) is 8.10. The van der Waals surface area contributed by atoms with E-state index in [0.29, 0.717) is 25.4 Å². The van der Waals surface area contributed by atoms with E-state index in [1.54, 1.807) is 17.0 Å². The molecule has 0 radical (unpaired) electrons. The maximum atomic E-state index is 12.2. The Kier molecular flexibility index (Phi) is 5.64. The molecule has 0 bridgehead atoms. The van der Waals surface area contributed by atoms with Crippen molar-refractivity contribution in [3.8, 4) is 0 Å². The summed E-state index contributed by atoms with van der Waals surface area (Å²) in [5.74, 6) is 0.411. The topological polar surface area (TPSA) is 64.0 Å². The van der Waals surface area contributed by atoms with Crippen LogP contribution in [0.4, 0.5) is 0 Å². The minimum absolute atomic E-state index is 0.0297. The first-order valence-corrected chi connectivity index (χ1v) is 9.01. The highest BCUT2D eigenvalue weighted by atomic mass is 16.1. The minimum atomic E-state index is -0.0370. The summed E-state index contributed by atoms with van der Waals surface area (Å²) in [5, 5.41) is 2.88. The van der Waals surface area contributed by atoms with Gasteiger partial charge >= 0.3 is 0 Å². The number of nitrogens with one attached hydrogen (secondary N) is 1. The van der Waals surface area contributed by atoms with Gasteiger partial charge in [-0.15, -0.1) is 0 Å². The molecule has 1 N–H and O–H groups in total. The van der Waals surface area contributed by atoms with Crippen LogP contribution in [0.2, 0.25) is 0 Å². The summed E-state index contributed by atoms with van der Waals surface area (Å²) in [6, 6.07) is 9.52. The van der Waals surface area contributed by atoms with Crippen molar-refractivity contribution in [2.24, 2.45) is 0 Å². The molecule has 0 spiro atoms. The highest BCUT2D eigenvalue weighted by Gasteiger charge is 2.18. The molecule has 0 saturated heterocycles. The van der Waals surface area contributed by atoms with Gasteiger partial charge in [0.15, 0.2) is 0 Å². The van der Waals surface area contributed by atoms with Gasteiger partial charge in [-0.3, -0.25) is 14.2 Å². The zero-order chi connectivity index (χ0) is 17.6. The summed E-state index contributed by atoms with van der Waals surface area (Å²) in [7, 11) is 0. The van der Waals surface area contributed by atoms with Crippen LogP contribution in [-0.2, 0) is 17.8 Å². The van der Waals surface area contributed by atoms with Crippen molar-refractivity contribution in [3.63, 3.8) is 0 Å². The molecule has 1 aromatic carbocycles. The number of benzene rings is 1. The molecule has 1 aromatic heterocycles. The third-order valence-corrected chi connectivity index (χ3v) is 4.96. The number of nitrogens with zero attached hydrogens (tertiary/aromatic N) is 2. The average molecular weight is 339 g/mol. The Morgan fingerprint density at radius 1 is 1.28 bits per heavy atom. The van der Waals surface area contributed by atoms with Crippen LogP contribution in [0.3, 0.4) is 0 Å². The fourth-order valence-corrected chi connectivity index (χ4v) is 3.41. The molecule has 25 heavy (non-hydrogen) atoms. The fourth-order valence-electron chi connectivity index (χ4n) is 3.41. The van der Waals surface area contributed by atoms with Gasteiger partial charge in [-0.25, -0.2) is 4.98 Å². The van der Waals surface area contributed by atoms with Crippen molar-refractivity contribution in [3.05, 3.63) is 63.8 Å². The molecule has 132 valence electrons. The predicted octanol–water partition coefficient (Wildman–Crippen LogP) is 2.57. The number of hydrogen-bond acceptors (Lipinski definition) is 3. The van der Waals surface area contributed by atoms with E-state index in [-0.39, 0.29) is 11.5 Å². The summed E-state index contributed by atoms with van der Waals surface area (Å²) in [4.78, 5) is 28.7. The van der Waals surface area contributed by atoms with Gasteiger partial charge in [-0.1, -0.05) is 37.1 Å². The third kappa shape index (κ3) is 4.56. The maximum Gasteiger partial charge on any atom is 0.253 e. The molecule has 0 unspecified atom stereocenters. The second-order valence-corrected chi connectivity index (χ2v) is 6.78. The summed E-state index contributed by atoms with van der Waals surface area (Å²) in [6.45, 7) is 2.87. The lowest BCUT2D eigenvalue weighted by Crippen LogP contribution is -2.32. The summed E-state index contributed by atoms with van der Waals surface area (Å²) in [6.07, 6.45) is 6.69. The Balaban J connectivity index is 1.51. The van der Waals surface area contributed by atoms with E-state index in [2.05, 4.69) is 10.3 Å². The molecule has 0 atom stereocenters. The van der Waals surface area contributed by atoms with E-state index in [0.717, 1.165) is 29.7 Å². The van der Waals surface area contributed by atoms with E-state index in [1.807, 2.05) is 31.2 Å². The molecule has 1 aliphatic carbocycles. The predicted molar refractivity (Wildman–Crippen MR) is 97.6 cm³/mol. The normalized spacial score (nSPS) is 14.6. The third-order valence-electron chi connectivity index (χ3n) is 4.96. The van der Waals surface area contributed by atoms with Crippen molar-refractivity contribution in [1.29, 1.82) is 0 Å². The van der Waals surface area contributed by atoms with Gasteiger partial charge < -0.3 is 5.32 Å². The van der Waals surface area contributed by atoms with Crippen LogP contribution < -0.4 is 10.9 Å². The van der Waals surface area contributed by atoms with Gasteiger partial charge in [0, 0.05) is 25.1 Å². The van der Waals surface area contributed by atoms with Gasteiger partial charge in [-0.05, 0) is 30.9 Å². The second-order valence-electron chi connectivity index (χ2n) is 6.78. The molecule has 5 nitrogen and oxygen atoms in total. The molecular formula is C20H25N3O2. The highest BCUT2D eigenvalue weighted by Crippen LogP contribution is 2.32. The zero-order valence-electron chi connectivity index (χ0n) is 14.7. The molecular weight excluding hydrogens is 314 g/mol. The van der Waals surface area contributed by atoms with E-state index >= 15 is 0 Å². The minimum Gasteiger partial charge on any atom is -0.354 e. The van der Waals surface area contributed by atoms with Crippen LogP contribution >= 0.6 is 0 Å². The Morgan fingerprint density at radius 3 is 2.76 bits per heavy atom. The molecule has 2 aromatic rings. The first-order chi connectivity index (χ1) is 12.1. The van der Waals surface area contributed by atoms with Crippen molar-refractivity contribution in [2.45, 2.75) is 51.5 Å². The lowest BCUT2D eigenvalue weighted by molar-refractivity contribution is -0.120.